The molecule has 82 valence electrons. The minimum atomic E-state index is -4.38. The summed E-state index contributed by atoms with van der Waals surface area (Å²) in [5, 5.41) is 2.80. The molecule has 0 amide bonds. The quantitative estimate of drug-likeness (QED) is 0.749. The van der Waals surface area contributed by atoms with Crippen LogP contribution in [0.1, 0.15) is 11.1 Å². The van der Waals surface area contributed by atoms with Gasteiger partial charge in [-0.2, -0.15) is 13.2 Å². The van der Waals surface area contributed by atoms with Crippen LogP contribution < -0.4 is 10.1 Å². The number of rotatable bonds is 0. The molecule has 0 atom stereocenters. The van der Waals surface area contributed by atoms with Crippen molar-refractivity contribution in [1.29, 1.82) is 0 Å². The average molecular weight is 238 g/mol. The van der Waals surface area contributed by atoms with Gasteiger partial charge in [-0.15, -0.1) is 0 Å². The Morgan fingerprint density at radius 3 is 2.73 bits per heavy atom. The van der Waals surface area contributed by atoms with E-state index in [1.54, 1.807) is 0 Å². The number of hydrogen-bond acceptors (Lipinski definition) is 2. The number of halogens is 4. The average Bonchev–Trinajstić information content (AvgIpc) is 2.16. The summed E-state index contributed by atoms with van der Waals surface area (Å²) in [6.45, 7) is 0.594. The summed E-state index contributed by atoms with van der Waals surface area (Å²) in [5.74, 6) is 0.336. The normalized spacial score (nSPS) is 15.7. The molecule has 0 spiro atoms. The molecule has 2 nitrogen and oxygen atoms in total. The maximum Gasteiger partial charge on any atom is 0.416 e. The zero-order valence-electron chi connectivity index (χ0n) is 7.49. The van der Waals surface area contributed by atoms with E-state index in [0.29, 0.717) is 17.9 Å². The summed E-state index contributed by atoms with van der Waals surface area (Å²) < 4.78 is 42.4. The van der Waals surface area contributed by atoms with Gasteiger partial charge < -0.3 is 4.74 Å². The van der Waals surface area contributed by atoms with E-state index in [0.717, 1.165) is 12.1 Å². The van der Waals surface area contributed by atoms with Crippen LogP contribution in [0, 0.1) is 0 Å². The van der Waals surface area contributed by atoms with Gasteiger partial charge in [0.15, 0.2) is 0 Å². The summed E-state index contributed by atoms with van der Waals surface area (Å²) in [6.07, 6.45) is -4.38. The van der Waals surface area contributed by atoms with Crippen molar-refractivity contribution < 1.29 is 17.9 Å². The molecule has 0 saturated carbocycles. The van der Waals surface area contributed by atoms with E-state index < -0.39 is 11.7 Å². The molecule has 0 aromatic heterocycles. The second-order valence-electron chi connectivity index (χ2n) is 3.16. The third-order valence-electron chi connectivity index (χ3n) is 2.08. The maximum absolute atomic E-state index is 12.4. The summed E-state index contributed by atoms with van der Waals surface area (Å²) in [7, 11) is 0. The SMILES string of the molecule is FC(F)(F)c1cc(Cl)c2c(c1)CNCO2. The van der Waals surface area contributed by atoms with Crippen molar-refractivity contribution in [2.45, 2.75) is 12.7 Å². The minimum Gasteiger partial charge on any atom is -0.476 e. The van der Waals surface area contributed by atoms with Crippen LogP contribution in [0.5, 0.6) is 5.75 Å². The number of alkyl halides is 3. The molecule has 0 aliphatic carbocycles. The van der Waals surface area contributed by atoms with Crippen molar-refractivity contribution in [2.75, 3.05) is 6.73 Å². The van der Waals surface area contributed by atoms with Crippen LogP contribution in [-0.4, -0.2) is 6.73 Å². The van der Waals surface area contributed by atoms with Gasteiger partial charge in [0.2, 0.25) is 0 Å². The van der Waals surface area contributed by atoms with E-state index in [-0.39, 0.29) is 11.8 Å². The van der Waals surface area contributed by atoms with Gasteiger partial charge in [0.05, 0.1) is 10.6 Å². The fraction of sp³-hybridized carbons (Fsp3) is 0.333. The van der Waals surface area contributed by atoms with Crippen LogP contribution in [0.25, 0.3) is 0 Å². The van der Waals surface area contributed by atoms with Crippen LogP contribution in [0.3, 0.4) is 0 Å². The third kappa shape index (κ3) is 2.03. The Hall–Kier alpha value is -0.940. The van der Waals surface area contributed by atoms with Gasteiger partial charge in [0, 0.05) is 12.1 Å². The van der Waals surface area contributed by atoms with Gasteiger partial charge in [-0.3, -0.25) is 5.32 Å². The highest BCUT2D eigenvalue weighted by atomic mass is 35.5. The number of ether oxygens (including phenoxy) is 1. The van der Waals surface area contributed by atoms with Crippen LogP contribution >= 0.6 is 11.6 Å². The van der Waals surface area contributed by atoms with E-state index in [4.69, 9.17) is 16.3 Å². The molecule has 1 N–H and O–H groups in total. The Morgan fingerprint density at radius 1 is 1.33 bits per heavy atom. The molecule has 15 heavy (non-hydrogen) atoms. The van der Waals surface area contributed by atoms with Gasteiger partial charge in [0.1, 0.15) is 12.5 Å². The standard InChI is InChI=1S/C9H7ClF3NO/c10-7-2-6(9(11,12)13)1-5-3-14-4-15-8(5)7/h1-2,14H,3-4H2. The second-order valence-corrected chi connectivity index (χ2v) is 3.57. The van der Waals surface area contributed by atoms with Crippen LogP contribution in [0.4, 0.5) is 13.2 Å². The van der Waals surface area contributed by atoms with Crippen LogP contribution in [0.2, 0.25) is 5.02 Å². The van der Waals surface area contributed by atoms with Crippen LogP contribution in [-0.2, 0) is 12.7 Å². The highest BCUT2D eigenvalue weighted by Gasteiger charge is 2.32. The summed E-state index contributed by atoms with van der Waals surface area (Å²) in [6, 6.07) is 1.93. The van der Waals surface area contributed by atoms with E-state index >= 15 is 0 Å². The lowest BCUT2D eigenvalue weighted by atomic mass is 10.1. The molecule has 0 radical (unpaired) electrons. The molecule has 0 bridgehead atoms. The first-order valence-corrected chi connectivity index (χ1v) is 4.59. The summed E-state index contributed by atoms with van der Waals surface area (Å²) in [4.78, 5) is 0. The van der Waals surface area contributed by atoms with Gasteiger partial charge in [-0.25, -0.2) is 0 Å². The first-order chi connectivity index (χ1) is 6.98. The van der Waals surface area contributed by atoms with Gasteiger partial charge in [-0.05, 0) is 12.1 Å². The first kappa shape index (κ1) is 10.6. The molecule has 6 heteroatoms. The molecular weight excluding hydrogens is 231 g/mol. The fourth-order valence-corrected chi connectivity index (χ4v) is 1.71. The predicted molar refractivity (Wildman–Crippen MR) is 48.8 cm³/mol. The zero-order valence-corrected chi connectivity index (χ0v) is 8.24. The van der Waals surface area contributed by atoms with E-state index in [1.807, 2.05) is 0 Å². The van der Waals surface area contributed by atoms with Crippen molar-refractivity contribution in [2.24, 2.45) is 0 Å². The van der Waals surface area contributed by atoms with E-state index in [1.165, 1.54) is 0 Å². The summed E-state index contributed by atoms with van der Waals surface area (Å²) in [5.41, 5.74) is -0.320. The number of hydrogen-bond donors (Lipinski definition) is 1. The smallest absolute Gasteiger partial charge is 0.416 e. The highest BCUT2D eigenvalue weighted by molar-refractivity contribution is 6.32. The monoisotopic (exact) mass is 237 g/mol. The molecule has 1 aromatic carbocycles. The lowest BCUT2D eigenvalue weighted by molar-refractivity contribution is -0.137. The third-order valence-corrected chi connectivity index (χ3v) is 2.36. The Kier molecular flexibility index (Phi) is 2.52. The molecule has 0 fully saturated rings. The minimum absolute atomic E-state index is 0.00123. The number of benzene rings is 1. The Morgan fingerprint density at radius 2 is 2.07 bits per heavy atom. The maximum atomic E-state index is 12.4. The highest BCUT2D eigenvalue weighted by Crippen LogP contribution is 2.38. The van der Waals surface area contributed by atoms with Gasteiger partial charge in [0.25, 0.3) is 0 Å². The molecule has 1 aliphatic rings. The largest absolute Gasteiger partial charge is 0.476 e. The molecule has 0 saturated heterocycles. The number of nitrogens with one attached hydrogen (secondary N) is 1. The molecule has 1 aromatic rings. The van der Waals surface area contributed by atoms with Crippen LogP contribution in [0.15, 0.2) is 12.1 Å². The van der Waals surface area contributed by atoms with Crippen molar-refractivity contribution in [3.05, 3.63) is 28.3 Å². The van der Waals surface area contributed by atoms with Gasteiger partial charge >= 0.3 is 6.18 Å². The molecule has 1 aliphatic heterocycles. The van der Waals surface area contributed by atoms with Crippen molar-refractivity contribution in [3.8, 4) is 5.75 Å². The van der Waals surface area contributed by atoms with Gasteiger partial charge in [-0.1, -0.05) is 11.6 Å². The second kappa shape index (κ2) is 3.57. The topological polar surface area (TPSA) is 21.3 Å². The fourth-order valence-electron chi connectivity index (χ4n) is 1.42. The molecule has 1 heterocycles. The lowest BCUT2D eigenvalue weighted by Gasteiger charge is -2.21. The molecule has 0 unspecified atom stereocenters. The Bertz CT molecular complexity index is 392. The molecule has 2 rings (SSSR count). The lowest BCUT2D eigenvalue weighted by Crippen LogP contribution is -2.26. The Balaban J connectivity index is 2.50. The van der Waals surface area contributed by atoms with E-state index in [2.05, 4.69) is 5.32 Å². The zero-order chi connectivity index (χ0) is 11.1. The number of fused-ring (bicyclic) bond motifs is 1. The summed E-state index contributed by atoms with van der Waals surface area (Å²) >= 11 is 5.70. The van der Waals surface area contributed by atoms with E-state index in [9.17, 15) is 13.2 Å². The van der Waals surface area contributed by atoms with Crippen molar-refractivity contribution in [1.82, 2.24) is 5.32 Å². The first-order valence-electron chi connectivity index (χ1n) is 4.21. The Labute approximate surface area is 89.0 Å². The molecular formula is C9H7ClF3NO. The van der Waals surface area contributed by atoms with Crippen molar-refractivity contribution in [3.63, 3.8) is 0 Å². The predicted octanol–water partition coefficient (Wildman–Crippen LogP) is 2.80. The van der Waals surface area contributed by atoms with Crippen molar-refractivity contribution >= 4 is 11.6 Å².